The van der Waals surface area contributed by atoms with Crippen LogP contribution in [0.1, 0.15) is 12.0 Å². The van der Waals surface area contributed by atoms with Gasteiger partial charge in [-0.05, 0) is 46.1 Å². The molecule has 1 aliphatic rings. The number of nitrogens with zero attached hydrogens (tertiary/aromatic N) is 4. The maximum Gasteiger partial charge on any atom is 0.222 e. The minimum Gasteiger partial charge on any atom is -0.350 e. The van der Waals surface area contributed by atoms with E-state index >= 15 is 0 Å². The van der Waals surface area contributed by atoms with Crippen molar-refractivity contribution in [3.05, 3.63) is 59.0 Å². The first-order valence-electron chi connectivity index (χ1n) is 8.07. The number of fused-ring (bicyclic) bond motifs is 1. The van der Waals surface area contributed by atoms with Gasteiger partial charge in [0.25, 0.3) is 0 Å². The minimum absolute atomic E-state index is 0.396. The molecule has 1 atom stereocenters. The van der Waals surface area contributed by atoms with Crippen LogP contribution in [-0.2, 0) is 6.54 Å². The van der Waals surface area contributed by atoms with E-state index in [4.69, 9.17) is 0 Å². The summed E-state index contributed by atoms with van der Waals surface area (Å²) in [5, 5.41) is 4.64. The minimum atomic E-state index is 0.396. The van der Waals surface area contributed by atoms with Gasteiger partial charge in [-0.2, -0.15) is 0 Å². The summed E-state index contributed by atoms with van der Waals surface area (Å²) in [4.78, 5) is 15.5. The standard InChI is InChI=1S/C18H18BrN5/c19-16-4-1-3-15-13(5-9-20-17(15)16)11-24-10-6-14(12-24)23-18-21-7-2-8-22-18/h1-5,7-9,14H,6,10-12H2,(H,21,22,23). The normalized spacial score (nSPS) is 18.1. The number of anilines is 1. The van der Waals surface area contributed by atoms with Crippen LogP contribution in [0.5, 0.6) is 0 Å². The van der Waals surface area contributed by atoms with Gasteiger partial charge in [-0.3, -0.25) is 9.88 Å². The van der Waals surface area contributed by atoms with Crippen molar-refractivity contribution < 1.29 is 0 Å². The molecule has 3 heterocycles. The molecule has 2 aromatic heterocycles. The van der Waals surface area contributed by atoms with Gasteiger partial charge in [0, 0.05) is 54.1 Å². The Kier molecular flexibility index (Phi) is 4.40. The molecule has 0 radical (unpaired) electrons. The van der Waals surface area contributed by atoms with Gasteiger partial charge in [-0.15, -0.1) is 0 Å². The highest BCUT2D eigenvalue weighted by atomic mass is 79.9. The molecule has 0 amide bonds. The summed E-state index contributed by atoms with van der Waals surface area (Å²) in [6.07, 6.45) is 6.53. The van der Waals surface area contributed by atoms with E-state index in [-0.39, 0.29) is 0 Å². The van der Waals surface area contributed by atoms with Crippen molar-refractivity contribution in [2.75, 3.05) is 18.4 Å². The second-order valence-corrected chi connectivity index (χ2v) is 6.90. The molecule has 6 heteroatoms. The first kappa shape index (κ1) is 15.5. The summed E-state index contributed by atoms with van der Waals surface area (Å²) in [6, 6.07) is 10.6. The highest BCUT2D eigenvalue weighted by Crippen LogP contribution is 2.26. The van der Waals surface area contributed by atoms with Gasteiger partial charge in [-0.25, -0.2) is 9.97 Å². The Hall–Kier alpha value is -2.05. The maximum atomic E-state index is 4.49. The molecule has 1 saturated heterocycles. The van der Waals surface area contributed by atoms with Gasteiger partial charge in [0.15, 0.2) is 0 Å². The Morgan fingerprint density at radius 3 is 2.83 bits per heavy atom. The summed E-state index contributed by atoms with van der Waals surface area (Å²) < 4.78 is 1.05. The van der Waals surface area contributed by atoms with Gasteiger partial charge < -0.3 is 5.32 Å². The van der Waals surface area contributed by atoms with E-state index in [2.05, 4.69) is 59.3 Å². The van der Waals surface area contributed by atoms with Crippen LogP contribution >= 0.6 is 15.9 Å². The largest absolute Gasteiger partial charge is 0.350 e. The molecule has 122 valence electrons. The van der Waals surface area contributed by atoms with Crippen LogP contribution in [0.4, 0.5) is 5.95 Å². The van der Waals surface area contributed by atoms with E-state index in [1.165, 1.54) is 10.9 Å². The van der Waals surface area contributed by atoms with Crippen LogP contribution in [0.2, 0.25) is 0 Å². The van der Waals surface area contributed by atoms with Gasteiger partial charge >= 0.3 is 0 Å². The molecule has 0 aliphatic carbocycles. The number of nitrogens with one attached hydrogen (secondary N) is 1. The molecule has 4 rings (SSSR count). The topological polar surface area (TPSA) is 53.9 Å². The quantitative estimate of drug-likeness (QED) is 0.747. The summed E-state index contributed by atoms with van der Waals surface area (Å²) in [5.41, 5.74) is 2.35. The van der Waals surface area contributed by atoms with Crippen molar-refractivity contribution in [1.29, 1.82) is 0 Å². The Morgan fingerprint density at radius 1 is 1.08 bits per heavy atom. The highest BCUT2D eigenvalue weighted by Gasteiger charge is 2.23. The Labute approximate surface area is 149 Å². The lowest BCUT2D eigenvalue weighted by atomic mass is 10.1. The number of aromatic nitrogens is 3. The summed E-state index contributed by atoms with van der Waals surface area (Å²) >= 11 is 3.59. The van der Waals surface area contributed by atoms with Crippen LogP contribution in [-0.4, -0.2) is 39.0 Å². The lowest BCUT2D eigenvalue weighted by Gasteiger charge is -2.18. The van der Waals surface area contributed by atoms with E-state index in [1.54, 1.807) is 12.4 Å². The number of likely N-dealkylation sites (tertiary alicyclic amines) is 1. The number of hydrogen-bond acceptors (Lipinski definition) is 5. The molecule has 24 heavy (non-hydrogen) atoms. The van der Waals surface area contributed by atoms with Crippen molar-refractivity contribution in [2.45, 2.75) is 19.0 Å². The van der Waals surface area contributed by atoms with Crippen molar-refractivity contribution in [3.63, 3.8) is 0 Å². The van der Waals surface area contributed by atoms with Crippen molar-refractivity contribution in [2.24, 2.45) is 0 Å². The molecule has 0 spiro atoms. The average molecular weight is 384 g/mol. The zero-order valence-corrected chi connectivity index (χ0v) is 14.8. The third-order valence-electron chi connectivity index (χ3n) is 4.38. The predicted octanol–water partition coefficient (Wildman–Crippen LogP) is 3.47. The van der Waals surface area contributed by atoms with Crippen LogP contribution < -0.4 is 5.32 Å². The third-order valence-corrected chi connectivity index (χ3v) is 5.02. The number of hydrogen-bond donors (Lipinski definition) is 1. The SMILES string of the molecule is Brc1cccc2c(CN3CCC(Nc4ncccn4)C3)ccnc12. The molecule has 0 saturated carbocycles. The van der Waals surface area contributed by atoms with Crippen molar-refractivity contribution in [1.82, 2.24) is 19.9 Å². The van der Waals surface area contributed by atoms with E-state index < -0.39 is 0 Å². The van der Waals surface area contributed by atoms with Crippen LogP contribution in [0, 0.1) is 0 Å². The second-order valence-electron chi connectivity index (χ2n) is 6.04. The smallest absolute Gasteiger partial charge is 0.222 e. The van der Waals surface area contributed by atoms with Crippen LogP contribution in [0.25, 0.3) is 10.9 Å². The Balaban J connectivity index is 1.46. The average Bonchev–Trinajstić information content (AvgIpc) is 3.04. The molecular formula is C18H18BrN5. The number of benzene rings is 1. The van der Waals surface area contributed by atoms with Crippen molar-refractivity contribution >= 4 is 32.8 Å². The molecule has 3 aromatic rings. The van der Waals surface area contributed by atoms with Gasteiger partial charge in [0.2, 0.25) is 5.95 Å². The Morgan fingerprint density at radius 2 is 1.96 bits per heavy atom. The molecule has 1 unspecified atom stereocenters. The lowest BCUT2D eigenvalue weighted by molar-refractivity contribution is 0.330. The number of halogens is 1. The number of para-hydroxylation sites is 1. The van der Waals surface area contributed by atoms with Gasteiger partial charge in [-0.1, -0.05) is 12.1 Å². The molecule has 5 nitrogen and oxygen atoms in total. The van der Waals surface area contributed by atoms with E-state index in [1.807, 2.05) is 18.3 Å². The second kappa shape index (κ2) is 6.83. The zero-order valence-electron chi connectivity index (χ0n) is 13.2. The fraction of sp³-hybridized carbons (Fsp3) is 0.278. The molecule has 1 aliphatic heterocycles. The van der Waals surface area contributed by atoms with Crippen LogP contribution in [0.3, 0.4) is 0 Å². The maximum absolute atomic E-state index is 4.49. The van der Waals surface area contributed by atoms with E-state index in [0.29, 0.717) is 12.0 Å². The van der Waals surface area contributed by atoms with E-state index in [9.17, 15) is 0 Å². The van der Waals surface area contributed by atoms with E-state index in [0.717, 1.165) is 36.0 Å². The first-order valence-corrected chi connectivity index (χ1v) is 8.87. The van der Waals surface area contributed by atoms with Gasteiger partial charge in [0.05, 0.1) is 5.52 Å². The number of rotatable bonds is 4. The fourth-order valence-electron chi connectivity index (χ4n) is 3.23. The monoisotopic (exact) mass is 383 g/mol. The Bertz CT molecular complexity index is 839. The molecule has 1 aromatic carbocycles. The molecule has 0 bridgehead atoms. The zero-order chi connectivity index (χ0) is 16.4. The summed E-state index contributed by atoms with van der Waals surface area (Å²) in [7, 11) is 0. The fourth-order valence-corrected chi connectivity index (χ4v) is 3.69. The summed E-state index contributed by atoms with van der Waals surface area (Å²) in [5.74, 6) is 0.711. The highest BCUT2D eigenvalue weighted by molar-refractivity contribution is 9.10. The predicted molar refractivity (Wildman–Crippen MR) is 98.8 cm³/mol. The first-order chi connectivity index (χ1) is 11.8. The van der Waals surface area contributed by atoms with Crippen molar-refractivity contribution in [3.8, 4) is 0 Å². The lowest BCUT2D eigenvalue weighted by Crippen LogP contribution is -2.26. The third kappa shape index (κ3) is 3.25. The molecule has 1 fully saturated rings. The molecule has 1 N–H and O–H groups in total. The summed E-state index contributed by atoms with van der Waals surface area (Å²) in [6.45, 7) is 3.00. The molecular weight excluding hydrogens is 366 g/mol. The number of pyridine rings is 1. The van der Waals surface area contributed by atoms with Crippen LogP contribution in [0.15, 0.2) is 53.4 Å². The van der Waals surface area contributed by atoms with Gasteiger partial charge in [0.1, 0.15) is 0 Å².